The van der Waals surface area contributed by atoms with Crippen molar-refractivity contribution >= 4 is 22.7 Å². The Hall–Kier alpha value is -4.87. The fourth-order valence-corrected chi connectivity index (χ4v) is 5.45. The number of aryl methyl sites for hydroxylation is 1. The van der Waals surface area contributed by atoms with Crippen molar-refractivity contribution in [1.29, 1.82) is 0 Å². The second-order valence-corrected chi connectivity index (χ2v) is 11.3. The van der Waals surface area contributed by atoms with Crippen LogP contribution < -0.4 is 5.32 Å². The van der Waals surface area contributed by atoms with Gasteiger partial charge >= 0.3 is 0 Å². The summed E-state index contributed by atoms with van der Waals surface area (Å²) in [7, 11) is 5.02. The minimum atomic E-state index is -0.544. The average molecular weight is 595 g/mol. The van der Waals surface area contributed by atoms with Crippen molar-refractivity contribution in [3.8, 4) is 11.3 Å². The third-order valence-electron chi connectivity index (χ3n) is 7.95. The third-order valence-corrected chi connectivity index (χ3v) is 7.95. The van der Waals surface area contributed by atoms with Gasteiger partial charge in [-0.25, -0.2) is 4.98 Å². The highest BCUT2D eigenvalue weighted by Gasteiger charge is 2.47. The molecule has 0 spiro atoms. The van der Waals surface area contributed by atoms with Gasteiger partial charge in [-0.2, -0.15) is 5.10 Å². The first-order chi connectivity index (χ1) is 21.3. The summed E-state index contributed by atoms with van der Waals surface area (Å²) in [6, 6.07) is 15.4. The summed E-state index contributed by atoms with van der Waals surface area (Å²) in [6.45, 7) is 2.55. The number of nitrogens with one attached hydrogen (secondary N) is 2. The molecule has 0 bridgehead atoms. The average Bonchev–Trinajstić information content (AvgIpc) is 3.38. The third kappa shape index (κ3) is 5.84. The summed E-state index contributed by atoms with van der Waals surface area (Å²) in [5, 5.41) is 11.6. The molecule has 0 saturated heterocycles. The van der Waals surface area contributed by atoms with Crippen LogP contribution in [0.2, 0.25) is 0 Å². The van der Waals surface area contributed by atoms with E-state index < -0.39 is 5.54 Å². The van der Waals surface area contributed by atoms with Crippen LogP contribution in [0.25, 0.3) is 22.2 Å². The molecule has 1 saturated carbocycles. The monoisotopic (exact) mass is 594 g/mol. The van der Waals surface area contributed by atoms with E-state index in [4.69, 9.17) is 13.9 Å². The summed E-state index contributed by atoms with van der Waals surface area (Å²) in [5.74, 6) is -0.315. The topological polar surface area (TPSA) is 135 Å². The molecule has 1 aliphatic rings. The van der Waals surface area contributed by atoms with E-state index in [-0.39, 0.29) is 24.5 Å². The predicted molar refractivity (Wildman–Crippen MR) is 163 cm³/mol. The van der Waals surface area contributed by atoms with Crippen molar-refractivity contribution in [3.05, 3.63) is 101 Å². The van der Waals surface area contributed by atoms with E-state index in [0.29, 0.717) is 29.3 Å². The number of oxazole rings is 1. The van der Waals surface area contributed by atoms with Crippen LogP contribution in [0.1, 0.15) is 62.2 Å². The molecule has 1 fully saturated rings. The van der Waals surface area contributed by atoms with Gasteiger partial charge in [0, 0.05) is 43.9 Å². The Morgan fingerprint density at radius 1 is 1.14 bits per heavy atom. The molecule has 0 radical (unpaired) electrons. The number of hydrogen-bond acceptors (Lipinski definition) is 8. The Balaban J connectivity index is 1.26. The van der Waals surface area contributed by atoms with Gasteiger partial charge in [-0.05, 0) is 66.8 Å². The van der Waals surface area contributed by atoms with Crippen LogP contribution in [0, 0.1) is 6.92 Å². The SMILES string of the molecule is COC[C@H](OCc1cocn1)c1ccc(C(=O)NC2(c3cc(-c4cc(C(=O)N(C)C)[nH]n4)cc4ncccc34)CC2)c(C)c1. The number of rotatable bonds is 11. The fraction of sp³-hybridized carbons (Fsp3) is 0.303. The smallest absolute Gasteiger partial charge is 0.271 e. The number of aromatic amines is 1. The maximum atomic E-state index is 13.8. The lowest BCUT2D eigenvalue weighted by molar-refractivity contribution is -0.0141. The van der Waals surface area contributed by atoms with Crippen molar-refractivity contribution in [3.63, 3.8) is 0 Å². The molecular weight excluding hydrogens is 560 g/mol. The highest BCUT2D eigenvalue weighted by molar-refractivity contribution is 5.98. The Bertz CT molecular complexity index is 1810. The molecule has 2 aromatic carbocycles. The highest BCUT2D eigenvalue weighted by atomic mass is 16.5. The first-order valence-corrected chi connectivity index (χ1v) is 14.4. The second-order valence-electron chi connectivity index (χ2n) is 11.3. The van der Waals surface area contributed by atoms with E-state index in [1.54, 1.807) is 39.7 Å². The van der Waals surface area contributed by atoms with Gasteiger partial charge in [0.15, 0.2) is 6.39 Å². The van der Waals surface area contributed by atoms with Crippen molar-refractivity contribution < 1.29 is 23.5 Å². The summed E-state index contributed by atoms with van der Waals surface area (Å²) < 4.78 is 16.5. The zero-order valence-corrected chi connectivity index (χ0v) is 25.1. The van der Waals surface area contributed by atoms with Gasteiger partial charge in [-0.1, -0.05) is 18.2 Å². The first kappa shape index (κ1) is 29.2. The summed E-state index contributed by atoms with van der Waals surface area (Å²) >= 11 is 0. The number of carbonyl (C=O) groups excluding carboxylic acids is 2. The summed E-state index contributed by atoms with van der Waals surface area (Å²) in [4.78, 5) is 36.4. The lowest BCUT2D eigenvalue weighted by atomic mass is 9.94. The molecule has 1 atom stereocenters. The molecule has 226 valence electrons. The van der Waals surface area contributed by atoms with Gasteiger partial charge in [0.1, 0.15) is 23.8 Å². The highest BCUT2D eigenvalue weighted by Crippen LogP contribution is 2.49. The molecule has 6 rings (SSSR count). The molecule has 2 N–H and O–H groups in total. The number of amides is 2. The maximum absolute atomic E-state index is 13.8. The summed E-state index contributed by atoms with van der Waals surface area (Å²) in [5.41, 5.74) is 6.09. The lowest BCUT2D eigenvalue weighted by Crippen LogP contribution is -2.35. The molecular formula is C33H34N6O5. The van der Waals surface area contributed by atoms with Gasteiger partial charge in [0.05, 0.1) is 30.0 Å². The zero-order valence-electron chi connectivity index (χ0n) is 25.1. The van der Waals surface area contributed by atoms with Crippen LogP contribution in [0.5, 0.6) is 0 Å². The Morgan fingerprint density at radius 3 is 2.68 bits per heavy atom. The largest absolute Gasteiger partial charge is 0.451 e. The summed E-state index contributed by atoms with van der Waals surface area (Å²) in [6.07, 6.45) is 5.91. The molecule has 0 aliphatic heterocycles. The predicted octanol–water partition coefficient (Wildman–Crippen LogP) is 4.95. The van der Waals surface area contributed by atoms with E-state index in [1.165, 1.54) is 11.3 Å². The normalized spacial score (nSPS) is 14.4. The Labute approximate surface area is 254 Å². The molecule has 1 aliphatic carbocycles. The molecule has 2 amide bonds. The molecule has 11 heteroatoms. The second kappa shape index (κ2) is 12.0. The van der Waals surface area contributed by atoms with Crippen LogP contribution >= 0.6 is 0 Å². The lowest BCUT2D eigenvalue weighted by Gasteiger charge is -2.22. The van der Waals surface area contributed by atoms with Crippen LogP contribution in [0.4, 0.5) is 0 Å². The number of aromatic nitrogens is 4. The number of H-pyrrole nitrogens is 1. The number of carbonyl (C=O) groups is 2. The molecule has 11 nitrogen and oxygen atoms in total. The van der Waals surface area contributed by atoms with E-state index in [0.717, 1.165) is 46.0 Å². The fourth-order valence-electron chi connectivity index (χ4n) is 5.45. The van der Waals surface area contributed by atoms with Gasteiger partial charge in [0.2, 0.25) is 0 Å². The van der Waals surface area contributed by atoms with E-state index in [1.807, 2.05) is 43.3 Å². The van der Waals surface area contributed by atoms with E-state index in [2.05, 4.69) is 31.5 Å². The Morgan fingerprint density at radius 2 is 1.98 bits per heavy atom. The van der Waals surface area contributed by atoms with Crippen LogP contribution in [-0.2, 0) is 21.6 Å². The minimum absolute atomic E-state index is 0.153. The molecule has 3 heterocycles. The number of fused-ring (bicyclic) bond motifs is 1. The van der Waals surface area contributed by atoms with Crippen LogP contribution in [-0.4, -0.2) is 64.7 Å². The van der Waals surface area contributed by atoms with Gasteiger partial charge in [-0.3, -0.25) is 19.7 Å². The molecule has 3 aromatic heterocycles. The minimum Gasteiger partial charge on any atom is -0.451 e. The van der Waals surface area contributed by atoms with Crippen LogP contribution in [0.3, 0.4) is 0 Å². The quantitative estimate of drug-likeness (QED) is 0.219. The zero-order chi connectivity index (χ0) is 30.8. The molecule has 5 aromatic rings. The number of hydrogen-bond donors (Lipinski definition) is 2. The number of methoxy groups -OCH3 is 1. The molecule has 44 heavy (non-hydrogen) atoms. The van der Waals surface area contributed by atoms with Crippen molar-refractivity contribution in [2.45, 2.75) is 38.0 Å². The maximum Gasteiger partial charge on any atom is 0.271 e. The van der Waals surface area contributed by atoms with Crippen molar-refractivity contribution in [1.82, 2.24) is 30.4 Å². The van der Waals surface area contributed by atoms with Gasteiger partial charge < -0.3 is 24.1 Å². The first-order valence-electron chi connectivity index (χ1n) is 14.4. The number of pyridine rings is 1. The van der Waals surface area contributed by atoms with Crippen LogP contribution in [0.15, 0.2) is 71.8 Å². The van der Waals surface area contributed by atoms with Gasteiger partial charge in [0.25, 0.3) is 11.8 Å². The Kier molecular flexibility index (Phi) is 7.98. The number of benzene rings is 2. The van der Waals surface area contributed by atoms with E-state index >= 15 is 0 Å². The number of ether oxygens (including phenoxy) is 2. The molecule has 0 unspecified atom stereocenters. The van der Waals surface area contributed by atoms with Crippen molar-refractivity contribution in [2.75, 3.05) is 27.8 Å². The van der Waals surface area contributed by atoms with E-state index in [9.17, 15) is 9.59 Å². The standard InChI is InChI=1S/C33H34N6O5/c1-20-12-21(30(18-42-4)44-17-23-16-43-19-35-23)7-8-24(20)31(40)36-33(9-10-33)26-13-22(14-28-25(26)6-5-11-34-28)27-15-29(38-37-27)32(41)39(2)3/h5-8,11-16,19,30H,9-10,17-18H2,1-4H3,(H,36,40)(H,37,38)/t30-/m0/s1. The van der Waals surface area contributed by atoms with Gasteiger partial charge in [-0.15, -0.1) is 0 Å². The van der Waals surface area contributed by atoms with Crippen molar-refractivity contribution in [2.24, 2.45) is 0 Å². The number of nitrogens with zero attached hydrogens (tertiary/aromatic N) is 4.